The number of hydrogen-bond donors (Lipinski definition) is 2. The molecular formula is C58H72N12O6. The third-order valence-corrected chi connectivity index (χ3v) is 14.4. The first-order chi connectivity index (χ1) is 36.7. The van der Waals surface area contributed by atoms with Crippen LogP contribution in [0.2, 0.25) is 0 Å². The molecular weight excluding hydrogens is 961 g/mol. The number of aromatic hydroxyl groups is 2. The number of rotatable bonds is 15. The van der Waals surface area contributed by atoms with E-state index in [4.69, 9.17) is 29.4 Å². The van der Waals surface area contributed by atoms with E-state index in [-0.39, 0.29) is 29.4 Å². The van der Waals surface area contributed by atoms with Crippen LogP contribution in [0.1, 0.15) is 35.9 Å². The number of fused-ring (bicyclic) bond motifs is 4. The predicted octanol–water partition coefficient (Wildman–Crippen LogP) is 6.12. The Kier molecular flexibility index (Phi) is 16.7. The van der Waals surface area contributed by atoms with E-state index < -0.39 is 0 Å². The van der Waals surface area contributed by atoms with Crippen LogP contribution in [0.3, 0.4) is 0 Å². The highest BCUT2D eigenvalue weighted by atomic mass is 16.5. The lowest BCUT2D eigenvalue weighted by molar-refractivity contribution is -0.127. The summed E-state index contributed by atoms with van der Waals surface area (Å²) in [5, 5.41) is 25.1. The Bertz CT molecular complexity index is 3060. The number of ether oxygens (including phenoxy) is 2. The molecule has 2 saturated heterocycles. The first kappa shape index (κ1) is 53.1. The van der Waals surface area contributed by atoms with Crippen LogP contribution < -0.4 is 29.1 Å². The average molecular weight is 1030 g/mol. The van der Waals surface area contributed by atoms with Gasteiger partial charge in [0.15, 0.2) is 0 Å². The molecule has 18 heteroatoms. The minimum absolute atomic E-state index is 0.0340. The molecule has 10 rings (SSSR count). The Hall–Kier alpha value is -7.70. The molecule has 76 heavy (non-hydrogen) atoms. The van der Waals surface area contributed by atoms with Gasteiger partial charge in [-0.3, -0.25) is 9.59 Å². The lowest BCUT2D eigenvalue weighted by Gasteiger charge is -2.38. The van der Waals surface area contributed by atoms with Crippen molar-refractivity contribution in [3.63, 3.8) is 0 Å². The van der Waals surface area contributed by atoms with Crippen molar-refractivity contribution in [2.24, 2.45) is 0 Å². The maximum atomic E-state index is 12.1. The van der Waals surface area contributed by atoms with E-state index in [2.05, 4.69) is 54.7 Å². The highest BCUT2D eigenvalue weighted by Gasteiger charge is 2.32. The van der Waals surface area contributed by atoms with Gasteiger partial charge in [-0.2, -0.15) is 19.9 Å². The van der Waals surface area contributed by atoms with Gasteiger partial charge in [0.2, 0.25) is 11.8 Å². The summed E-state index contributed by atoms with van der Waals surface area (Å²) in [5.41, 5.74) is 6.13. The van der Waals surface area contributed by atoms with Crippen molar-refractivity contribution in [1.29, 1.82) is 0 Å². The quantitative estimate of drug-likeness (QED) is 0.0890. The van der Waals surface area contributed by atoms with E-state index in [1.54, 1.807) is 12.1 Å². The number of hydrogen-bond acceptors (Lipinski definition) is 16. The molecule has 2 amide bonds. The molecule has 6 heterocycles. The van der Waals surface area contributed by atoms with Gasteiger partial charge in [0.05, 0.1) is 31.1 Å². The predicted molar refractivity (Wildman–Crippen MR) is 300 cm³/mol. The molecule has 400 valence electrons. The summed E-state index contributed by atoms with van der Waals surface area (Å²) >= 11 is 0. The van der Waals surface area contributed by atoms with Crippen molar-refractivity contribution in [2.45, 2.75) is 45.4 Å². The Balaban J connectivity index is 0.000000186. The number of benzene rings is 4. The topological polar surface area (TPSA) is 171 Å². The lowest BCUT2D eigenvalue weighted by atomic mass is 10.0. The van der Waals surface area contributed by atoms with E-state index in [9.17, 15) is 19.8 Å². The number of amides is 2. The Morgan fingerprint density at radius 3 is 1.54 bits per heavy atom. The van der Waals surface area contributed by atoms with Gasteiger partial charge in [-0.1, -0.05) is 61.7 Å². The summed E-state index contributed by atoms with van der Waals surface area (Å²) in [7, 11) is 8.12. The molecule has 4 aliphatic rings. The van der Waals surface area contributed by atoms with Gasteiger partial charge in [-0.15, -0.1) is 0 Å². The van der Waals surface area contributed by atoms with Crippen LogP contribution in [-0.2, 0) is 35.5 Å². The van der Waals surface area contributed by atoms with Gasteiger partial charge in [-0.05, 0) is 89.4 Å². The first-order valence-electron chi connectivity index (χ1n) is 26.4. The number of phenols is 2. The molecule has 4 aliphatic heterocycles. The van der Waals surface area contributed by atoms with Gasteiger partial charge in [0.1, 0.15) is 29.2 Å². The van der Waals surface area contributed by atoms with Crippen LogP contribution in [0.5, 0.6) is 23.5 Å². The van der Waals surface area contributed by atoms with Gasteiger partial charge in [0.25, 0.3) is 0 Å². The molecule has 1 unspecified atom stereocenters. The van der Waals surface area contributed by atoms with Crippen molar-refractivity contribution >= 4 is 56.4 Å². The summed E-state index contributed by atoms with van der Waals surface area (Å²) in [5.74, 6) is 2.24. The number of nitrogens with zero attached hydrogens (tertiary/aromatic N) is 12. The molecule has 0 aliphatic carbocycles. The zero-order valence-corrected chi connectivity index (χ0v) is 44.7. The maximum Gasteiger partial charge on any atom is 0.318 e. The van der Waals surface area contributed by atoms with Gasteiger partial charge in [0, 0.05) is 124 Å². The Labute approximate surface area is 446 Å². The SMILES string of the molecule is C=CC(=O)N1CCN(c2nc(OC(C)CN(C)C)nc3c2CCN(c2cc(O)cc4ccccc24)C3)CC1.C=CC(=O)N1CCN(c2nc(OCCCN(C)C)nc3c2CCN(c2cc(O)cc4ccccc24)C3)CC1. The van der Waals surface area contributed by atoms with Crippen LogP contribution in [0, 0.1) is 0 Å². The molecule has 2 N–H and O–H groups in total. The van der Waals surface area contributed by atoms with Crippen molar-refractivity contribution in [3.05, 3.63) is 121 Å². The van der Waals surface area contributed by atoms with Crippen LogP contribution in [0.4, 0.5) is 23.0 Å². The normalized spacial score (nSPS) is 16.0. The summed E-state index contributed by atoms with van der Waals surface area (Å²) in [6, 6.07) is 24.3. The van der Waals surface area contributed by atoms with Crippen molar-refractivity contribution < 1.29 is 29.3 Å². The second kappa shape index (κ2) is 23.9. The highest BCUT2D eigenvalue weighted by molar-refractivity contribution is 5.97. The van der Waals surface area contributed by atoms with Crippen LogP contribution in [-0.4, -0.2) is 181 Å². The van der Waals surface area contributed by atoms with Crippen LogP contribution >= 0.6 is 0 Å². The van der Waals surface area contributed by atoms with Crippen LogP contribution in [0.15, 0.2) is 98.1 Å². The molecule has 4 aromatic carbocycles. The molecule has 0 bridgehead atoms. The first-order valence-corrected chi connectivity index (χ1v) is 26.4. The minimum Gasteiger partial charge on any atom is -0.508 e. The summed E-state index contributed by atoms with van der Waals surface area (Å²) in [4.78, 5) is 60.6. The van der Waals surface area contributed by atoms with E-state index >= 15 is 0 Å². The molecule has 6 aromatic rings. The summed E-state index contributed by atoms with van der Waals surface area (Å²) in [6.07, 6.45) is 5.11. The Morgan fingerprint density at radius 2 is 1.08 bits per heavy atom. The standard InChI is InChI=1S/2C29H36N6O3/c1-5-27(37)33-12-14-34(15-13-33)28-24-10-11-35(26-17-22(36)16-21-8-6-7-9-23(21)26)19-25(24)30-29(31-28)38-20(2)18-32(3)4;1-4-27(37)33-13-15-34(16-14-33)28-24-10-12-35(26-19-22(36)18-21-8-5-6-9-23(21)26)20-25(24)30-29(31-28)38-17-7-11-32(2)3/h5-9,16-17,20,36H,1,10-15,18-19H2,2-4H3;4-6,8-9,18-19,36H,1,7,10-17,20H2,2-3H3. The number of carbonyl (C=O) groups excluding carboxylic acids is 2. The van der Waals surface area contributed by atoms with Gasteiger partial charge >= 0.3 is 12.0 Å². The van der Waals surface area contributed by atoms with Gasteiger partial charge in [-0.25, -0.2) is 0 Å². The largest absolute Gasteiger partial charge is 0.508 e. The fourth-order valence-electron chi connectivity index (χ4n) is 10.7. The Morgan fingerprint density at radius 1 is 0.618 bits per heavy atom. The summed E-state index contributed by atoms with van der Waals surface area (Å²) < 4.78 is 12.3. The second-order valence-corrected chi connectivity index (χ2v) is 20.5. The zero-order chi connectivity index (χ0) is 53.5. The number of anilines is 4. The third kappa shape index (κ3) is 12.3. The average Bonchev–Trinajstić information content (AvgIpc) is 3.42. The third-order valence-electron chi connectivity index (χ3n) is 14.4. The van der Waals surface area contributed by atoms with E-state index in [0.717, 1.165) is 113 Å². The molecule has 2 aromatic heterocycles. The highest BCUT2D eigenvalue weighted by Crippen LogP contribution is 2.39. The number of piperazine rings is 2. The summed E-state index contributed by atoms with van der Waals surface area (Å²) in [6.45, 7) is 19.5. The smallest absolute Gasteiger partial charge is 0.318 e. The zero-order valence-electron chi connectivity index (χ0n) is 44.7. The van der Waals surface area contributed by atoms with Crippen molar-refractivity contribution in [3.8, 4) is 23.5 Å². The van der Waals surface area contributed by atoms with E-state index in [1.165, 1.54) is 12.2 Å². The van der Waals surface area contributed by atoms with E-state index in [0.29, 0.717) is 84.1 Å². The maximum absolute atomic E-state index is 12.1. The van der Waals surface area contributed by atoms with Crippen LogP contribution in [0.25, 0.3) is 21.5 Å². The molecule has 0 spiro atoms. The second-order valence-electron chi connectivity index (χ2n) is 20.5. The molecule has 1 atom stereocenters. The lowest BCUT2D eigenvalue weighted by Crippen LogP contribution is -2.49. The van der Waals surface area contributed by atoms with Crippen molar-refractivity contribution in [2.75, 3.05) is 133 Å². The molecule has 2 fully saturated rings. The fraction of sp³-hybridized carbons (Fsp3) is 0.414. The number of likely N-dealkylation sites (N-methyl/N-ethyl adjacent to an activating group) is 1. The van der Waals surface area contributed by atoms with Crippen molar-refractivity contribution in [1.82, 2.24) is 39.5 Å². The minimum atomic E-state index is -0.0762. The van der Waals surface area contributed by atoms with Gasteiger partial charge < -0.3 is 58.9 Å². The monoisotopic (exact) mass is 1030 g/mol. The molecule has 18 nitrogen and oxygen atoms in total. The number of carbonyl (C=O) groups is 2. The molecule has 0 radical (unpaired) electrons. The number of phenolic OH excluding ortho intramolecular Hbond substituents is 2. The number of aromatic nitrogens is 4. The van der Waals surface area contributed by atoms with E-state index in [1.807, 2.05) is 93.4 Å². The molecule has 0 saturated carbocycles. The fourth-order valence-corrected chi connectivity index (χ4v) is 10.7.